The highest BCUT2D eigenvalue weighted by Gasteiger charge is 2.16. The second-order valence-electron chi connectivity index (χ2n) is 3.44. The maximum atomic E-state index is 11.1. The Bertz CT molecular complexity index is 422. The predicted molar refractivity (Wildman–Crippen MR) is 65.9 cm³/mol. The topological polar surface area (TPSA) is 81.8 Å². The minimum atomic E-state index is -0.506. The van der Waals surface area contributed by atoms with E-state index in [9.17, 15) is 9.90 Å². The quantitative estimate of drug-likeness (QED) is 0.828. The van der Waals surface area contributed by atoms with Crippen LogP contribution in [0.5, 0.6) is 11.5 Å². The van der Waals surface area contributed by atoms with E-state index in [4.69, 9.17) is 10.5 Å². The summed E-state index contributed by atoms with van der Waals surface area (Å²) in [4.78, 5) is 11.1. The number of phenolic OH excluding ortho intramolecular Hbond substituents is 1. The molecule has 0 aromatic heterocycles. The van der Waals surface area contributed by atoms with Gasteiger partial charge in [-0.1, -0.05) is 0 Å². The van der Waals surface area contributed by atoms with Crippen molar-refractivity contribution in [2.24, 2.45) is 5.73 Å². The Labute approximate surface area is 108 Å². The molecule has 0 spiro atoms. The average molecular weight is 304 g/mol. The zero-order valence-corrected chi connectivity index (χ0v) is 11.2. The first-order chi connectivity index (χ1) is 7.99. The molecule has 0 amide bonds. The van der Waals surface area contributed by atoms with E-state index in [1.807, 2.05) is 0 Å². The Morgan fingerprint density at radius 1 is 1.53 bits per heavy atom. The van der Waals surface area contributed by atoms with Crippen molar-refractivity contribution in [3.8, 4) is 11.5 Å². The van der Waals surface area contributed by atoms with Crippen molar-refractivity contribution in [1.82, 2.24) is 0 Å². The highest BCUT2D eigenvalue weighted by Crippen LogP contribution is 2.36. The fraction of sp³-hybridized carbons (Fsp3) is 0.364. The second kappa shape index (κ2) is 5.88. The van der Waals surface area contributed by atoms with Gasteiger partial charge in [-0.2, -0.15) is 0 Å². The van der Waals surface area contributed by atoms with Crippen LogP contribution in [0.15, 0.2) is 16.6 Å². The molecule has 0 saturated heterocycles. The molecule has 94 valence electrons. The van der Waals surface area contributed by atoms with Crippen molar-refractivity contribution in [2.45, 2.75) is 12.5 Å². The Morgan fingerprint density at radius 3 is 2.71 bits per heavy atom. The molecule has 0 aliphatic carbocycles. The number of ether oxygens (including phenoxy) is 2. The number of hydrogen-bond donors (Lipinski definition) is 2. The fourth-order valence-electron chi connectivity index (χ4n) is 1.34. The van der Waals surface area contributed by atoms with E-state index < -0.39 is 6.04 Å². The largest absolute Gasteiger partial charge is 0.503 e. The minimum absolute atomic E-state index is 0.00141. The SMILES string of the molecule is COC(=O)C[C@@H](N)c1cc(Br)c(O)c(OC)c1. The monoisotopic (exact) mass is 303 g/mol. The fourth-order valence-corrected chi connectivity index (χ4v) is 1.80. The zero-order chi connectivity index (χ0) is 13.0. The molecule has 1 aromatic carbocycles. The van der Waals surface area contributed by atoms with Crippen LogP contribution in [-0.2, 0) is 9.53 Å². The Morgan fingerprint density at radius 2 is 2.18 bits per heavy atom. The van der Waals surface area contributed by atoms with E-state index in [1.54, 1.807) is 12.1 Å². The van der Waals surface area contributed by atoms with Crippen molar-refractivity contribution < 1.29 is 19.4 Å². The summed E-state index contributed by atoms with van der Waals surface area (Å²) in [5, 5.41) is 9.63. The van der Waals surface area contributed by atoms with Crippen molar-refractivity contribution in [1.29, 1.82) is 0 Å². The summed E-state index contributed by atoms with van der Waals surface area (Å²) in [6.07, 6.45) is 0.0663. The standard InChI is InChI=1S/C11H14BrNO4/c1-16-9-4-6(3-7(12)11(9)15)8(13)5-10(14)17-2/h3-4,8,15H,5,13H2,1-2H3/t8-/m1/s1. The lowest BCUT2D eigenvalue weighted by Crippen LogP contribution is -2.16. The molecule has 1 rings (SSSR count). The van der Waals surface area contributed by atoms with Crippen LogP contribution < -0.4 is 10.5 Å². The maximum Gasteiger partial charge on any atom is 0.307 e. The van der Waals surface area contributed by atoms with Gasteiger partial charge in [0.1, 0.15) is 0 Å². The molecule has 0 aliphatic heterocycles. The molecule has 0 saturated carbocycles. The number of phenols is 1. The van der Waals surface area contributed by atoms with Gasteiger partial charge in [-0.15, -0.1) is 0 Å². The molecule has 17 heavy (non-hydrogen) atoms. The number of halogens is 1. The molecule has 0 fully saturated rings. The Hall–Kier alpha value is -1.27. The van der Waals surface area contributed by atoms with Crippen molar-refractivity contribution in [2.75, 3.05) is 14.2 Å². The zero-order valence-electron chi connectivity index (χ0n) is 9.57. The molecule has 0 bridgehead atoms. The number of carbonyl (C=O) groups excluding carboxylic acids is 1. The van der Waals surface area contributed by atoms with Crippen molar-refractivity contribution in [3.05, 3.63) is 22.2 Å². The molecular formula is C11H14BrNO4. The molecule has 1 aromatic rings. The normalized spacial score (nSPS) is 12.0. The number of hydrogen-bond acceptors (Lipinski definition) is 5. The summed E-state index contributed by atoms with van der Waals surface area (Å²) in [7, 11) is 2.75. The lowest BCUT2D eigenvalue weighted by molar-refractivity contribution is -0.141. The van der Waals surface area contributed by atoms with Crippen LogP contribution in [0, 0.1) is 0 Å². The van der Waals surface area contributed by atoms with E-state index in [0.717, 1.165) is 0 Å². The van der Waals surface area contributed by atoms with Gasteiger partial charge >= 0.3 is 5.97 Å². The second-order valence-corrected chi connectivity index (χ2v) is 4.29. The van der Waals surface area contributed by atoms with Gasteiger partial charge in [-0.05, 0) is 33.6 Å². The van der Waals surface area contributed by atoms with E-state index in [1.165, 1.54) is 14.2 Å². The van der Waals surface area contributed by atoms with Crippen LogP contribution >= 0.6 is 15.9 Å². The number of nitrogens with two attached hydrogens (primary N) is 1. The third-order valence-electron chi connectivity index (χ3n) is 2.31. The maximum absolute atomic E-state index is 11.1. The van der Waals surface area contributed by atoms with Crippen molar-refractivity contribution in [3.63, 3.8) is 0 Å². The third-order valence-corrected chi connectivity index (χ3v) is 2.92. The summed E-state index contributed by atoms with van der Waals surface area (Å²) in [5.41, 5.74) is 6.53. The molecule has 0 heterocycles. The molecule has 0 aliphatic rings. The molecular weight excluding hydrogens is 290 g/mol. The summed E-state index contributed by atoms with van der Waals surface area (Å²) >= 11 is 3.19. The van der Waals surface area contributed by atoms with Crippen LogP contribution in [-0.4, -0.2) is 25.3 Å². The van der Waals surface area contributed by atoms with Crippen LogP contribution in [0.2, 0.25) is 0 Å². The molecule has 3 N–H and O–H groups in total. The van der Waals surface area contributed by atoms with Crippen LogP contribution in [0.3, 0.4) is 0 Å². The number of aromatic hydroxyl groups is 1. The van der Waals surface area contributed by atoms with Gasteiger partial charge in [0, 0.05) is 6.04 Å². The summed E-state index contributed by atoms with van der Waals surface area (Å²) in [6, 6.07) is 2.73. The van der Waals surface area contributed by atoms with E-state index in [2.05, 4.69) is 20.7 Å². The van der Waals surface area contributed by atoms with Gasteiger partial charge in [-0.25, -0.2) is 0 Å². The van der Waals surface area contributed by atoms with E-state index in [0.29, 0.717) is 15.8 Å². The number of benzene rings is 1. The third kappa shape index (κ3) is 3.34. The summed E-state index contributed by atoms with van der Waals surface area (Å²) < 4.78 is 10.0. The molecule has 6 heteroatoms. The first-order valence-corrected chi connectivity index (χ1v) is 5.67. The first kappa shape index (κ1) is 13.8. The predicted octanol–water partition coefficient (Wildman–Crippen LogP) is 1.73. The number of rotatable bonds is 4. The summed E-state index contributed by atoms with van der Waals surface area (Å²) in [5.74, 6) is -0.0862. The van der Waals surface area contributed by atoms with Gasteiger partial charge in [0.05, 0.1) is 25.1 Å². The van der Waals surface area contributed by atoms with Gasteiger partial charge in [-0.3, -0.25) is 4.79 Å². The molecule has 0 radical (unpaired) electrons. The highest BCUT2D eigenvalue weighted by atomic mass is 79.9. The highest BCUT2D eigenvalue weighted by molar-refractivity contribution is 9.10. The Kier molecular flexibility index (Phi) is 4.77. The van der Waals surface area contributed by atoms with Gasteiger partial charge in [0.15, 0.2) is 11.5 Å². The van der Waals surface area contributed by atoms with Crippen molar-refractivity contribution >= 4 is 21.9 Å². The van der Waals surface area contributed by atoms with Crippen LogP contribution in [0.4, 0.5) is 0 Å². The van der Waals surface area contributed by atoms with Crippen LogP contribution in [0.1, 0.15) is 18.0 Å². The van der Waals surface area contributed by atoms with Gasteiger partial charge in [0.25, 0.3) is 0 Å². The van der Waals surface area contributed by atoms with E-state index >= 15 is 0 Å². The summed E-state index contributed by atoms with van der Waals surface area (Å²) in [6.45, 7) is 0. The van der Waals surface area contributed by atoms with Gasteiger partial charge in [0.2, 0.25) is 0 Å². The molecule has 1 atom stereocenters. The van der Waals surface area contributed by atoms with Gasteiger partial charge < -0.3 is 20.3 Å². The Balaban J connectivity index is 2.98. The molecule has 0 unspecified atom stereocenters. The average Bonchev–Trinajstić information content (AvgIpc) is 2.32. The number of carbonyl (C=O) groups is 1. The van der Waals surface area contributed by atoms with Crippen LogP contribution in [0.25, 0.3) is 0 Å². The first-order valence-electron chi connectivity index (χ1n) is 4.88. The lowest BCUT2D eigenvalue weighted by Gasteiger charge is -2.14. The minimum Gasteiger partial charge on any atom is -0.503 e. The number of methoxy groups -OCH3 is 2. The molecule has 5 nitrogen and oxygen atoms in total. The smallest absolute Gasteiger partial charge is 0.307 e. The number of esters is 1. The lowest BCUT2D eigenvalue weighted by atomic mass is 10.0. The van der Waals surface area contributed by atoms with E-state index in [-0.39, 0.29) is 18.1 Å².